The van der Waals surface area contributed by atoms with Crippen molar-refractivity contribution in [3.05, 3.63) is 33.9 Å². The fourth-order valence-corrected chi connectivity index (χ4v) is 3.04. The molecule has 0 aliphatic carbocycles. The number of aromatic nitrogens is 1. The topological polar surface area (TPSA) is 72.7 Å². The van der Waals surface area contributed by atoms with Gasteiger partial charge in [-0.15, -0.1) is 0 Å². The summed E-state index contributed by atoms with van der Waals surface area (Å²) in [5.74, 6) is 0.0275. The van der Waals surface area contributed by atoms with Crippen LogP contribution in [0.4, 0.5) is 0 Å². The number of fused-ring (bicyclic) bond motifs is 1. The van der Waals surface area contributed by atoms with Gasteiger partial charge in [0, 0.05) is 28.6 Å². The minimum absolute atomic E-state index is 0.0275. The molecule has 1 atom stereocenters. The van der Waals surface area contributed by atoms with E-state index in [0.717, 1.165) is 20.9 Å². The molecule has 0 aliphatic heterocycles. The van der Waals surface area contributed by atoms with Crippen molar-refractivity contribution < 1.29 is 5.11 Å². The predicted octanol–water partition coefficient (Wildman–Crippen LogP) is 3.71. The molecule has 0 amide bonds. The highest BCUT2D eigenvalue weighted by Crippen LogP contribution is 2.36. The summed E-state index contributed by atoms with van der Waals surface area (Å²) in [6.45, 7) is 6.17. The molecule has 0 saturated heterocycles. The van der Waals surface area contributed by atoms with Crippen LogP contribution in [0.5, 0.6) is 0 Å². The van der Waals surface area contributed by atoms with Crippen LogP contribution in [-0.2, 0) is 12.0 Å². The molecule has 1 unspecified atom stereocenters. The lowest BCUT2D eigenvalue weighted by atomic mass is 9.84. The monoisotopic (exact) mass is 359 g/mol. The zero-order chi connectivity index (χ0) is 16.5. The van der Waals surface area contributed by atoms with Crippen molar-refractivity contribution in [3.63, 3.8) is 0 Å². The maximum absolute atomic E-state index is 9.66. The van der Waals surface area contributed by atoms with E-state index >= 15 is 0 Å². The summed E-state index contributed by atoms with van der Waals surface area (Å²) < 4.78 is 2.83. The Labute approximate surface area is 138 Å². The Morgan fingerprint density at radius 2 is 2.05 bits per heavy atom. The van der Waals surface area contributed by atoms with E-state index in [2.05, 4.69) is 28.1 Å². The second-order valence-corrected chi connectivity index (χ2v) is 7.05. The van der Waals surface area contributed by atoms with Crippen LogP contribution in [0, 0.1) is 28.6 Å². The van der Waals surface area contributed by atoms with Gasteiger partial charge in [-0.05, 0) is 31.9 Å². The van der Waals surface area contributed by atoms with E-state index in [1.54, 1.807) is 0 Å². The summed E-state index contributed by atoms with van der Waals surface area (Å²) in [5, 5.41) is 29.4. The number of halogens is 1. The lowest BCUT2D eigenvalue weighted by molar-refractivity contribution is 0.224. The van der Waals surface area contributed by atoms with Crippen molar-refractivity contribution in [3.8, 4) is 12.1 Å². The number of nitrogens with zero attached hydrogens (tertiary/aromatic N) is 3. The average molecular weight is 360 g/mol. The zero-order valence-electron chi connectivity index (χ0n) is 12.9. The van der Waals surface area contributed by atoms with E-state index in [1.807, 2.05) is 43.5 Å². The number of rotatable bonds is 4. The largest absolute Gasteiger partial charge is 0.396 e. The maximum Gasteiger partial charge on any atom is 0.126 e. The summed E-state index contributed by atoms with van der Waals surface area (Å²) >= 11 is 3.46. The quantitative estimate of drug-likeness (QED) is 0.904. The molecule has 0 radical (unpaired) electrons. The van der Waals surface area contributed by atoms with Gasteiger partial charge in [0.2, 0.25) is 0 Å². The van der Waals surface area contributed by atoms with Gasteiger partial charge >= 0.3 is 0 Å². The van der Waals surface area contributed by atoms with Gasteiger partial charge < -0.3 is 9.67 Å². The van der Waals surface area contributed by atoms with Crippen LogP contribution < -0.4 is 0 Å². The van der Waals surface area contributed by atoms with Gasteiger partial charge in [0.25, 0.3) is 0 Å². The second-order valence-electron chi connectivity index (χ2n) is 6.13. The van der Waals surface area contributed by atoms with Crippen LogP contribution in [0.3, 0.4) is 0 Å². The molecule has 114 valence electrons. The van der Waals surface area contributed by atoms with Crippen LogP contribution in [0.15, 0.2) is 22.7 Å². The van der Waals surface area contributed by atoms with Gasteiger partial charge in [-0.25, -0.2) is 0 Å². The number of aliphatic hydroxyl groups excluding tert-OH is 1. The number of aliphatic hydroxyl groups is 1. The van der Waals surface area contributed by atoms with E-state index in [9.17, 15) is 15.6 Å². The molecular formula is C17H18BrN3O. The maximum atomic E-state index is 9.66. The van der Waals surface area contributed by atoms with E-state index in [0.29, 0.717) is 12.2 Å². The highest BCUT2D eigenvalue weighted by Gasteiger charge is 2.30. The summed E-state index contributed by atoms with van der Waals surface area (Å²) in [6.07, 6.45) is 0. The SMILES string of the molecule is CC(CO)Cn1c(C#N)c(C(C)(C)C#N)c2ccc(Br)cc21. The molecule has 1 aromatic heterocycles. The first-order chi connectivity index (χ1) is 10.4. The van der Waals surface area contributed by atoms with E-state index in [4.69, 9.17) is 0 Å². The first kappa shape index (κ1) is 16.5. The van der Waals surface area contributed by atoms with E-state index in [-0.39, 0.29) is 12.5 Å². The van der Waals surface area contributed by atoms with Gasteiger partial charge in [-0.1, -0.05) is 28.9 Å². The normalized spacial score (nSPS) is 12.9. The smallest absolute Gasteiger partial charge is 0.126 e. The Morgan fingerprint density at radius 3 is 2.59 bits per heavy atom. The third kappa shape index (κ3) is 2.75. The van der Waals surface area contributed by atoms with Crippen molar-refractivity contribution in [2.45, 2.75) is 32.7 Å². The molecular weight excluding hydrogens is 342 g/mol. The van der Waals surface area contributed by atoms with Crippen molar-refractivity contribution in [1.29, 1.82) is 10.5 Å². The van der Waals surface area contributed by atoms with Crippen LogP contribution in [0.25, 0.3) is 10.9 Å². The highest BCUT2D eigenvalue weighted by atomic mass is 79.9. The highest BCUT2D eigenvalue weighted by molar-refractivity contribution is 9.10. The standard InChI is InChI=1S/C17H18BrN3O/c1-11(9-22)8-21-14-6-12(18)4-5-13(14)16(15(21)7-19)17(2,3)10-20/h4-6,11,22H,8-9H2,1-3H3. The minimum Gasteiger partial charge on any atom is -0.396 e. The molecule has 2 rings (SSSR count). The summed E-state index contributed by atoms with van der Waals surface area (Å²) in [7, 11) is 0. The van der Waals surface area contributed by atoms with Crippen LogP contribution >= 0.6 is 15.9 Å². The van der Waals surface area contributed by atoms with Crippen molar-refractivity contribution >= 4 is 26.8 Å². The Balaban J connectivity index is 2.86. The molecule has 4 nitrogen and oxygen atoms in total. The molecule has 0 saturated carbocycles. The molecule has 0 fully saturated rings. The van der Waals surface area contributed by atoms with Gasteiger partial charge in [-0.3, -0.25) is 0 Å². The Kier molecular flexibility index (Phi) is 4.60. The fourth-order valence-electron chi connectivity index (χ4n) is 2.69. The molecule has 2 aromatic rings. The number of nitriles is 2. The number of benzene rings is 1. The van der Waals surface area contributed by atoms with Crippen LogP contribution in [0.1, 0.15) is 32.0 Å². The molecule has 5 heteroatoms. The number of hydrogen-bond donors (Lipinski definition) is 1. The molecule has 1 aromatic carbocycles. The second kappa shape index (κ2) is 6.12. The lowest BCUT2D eigenvalue weighted by Gasteiger charge is -2.16. The molecule has 22 heavy (non-hydrogen) atoms. The van der Waals surface area contributed by atoms with Crippen molar-refractivity contribution in [2.24, 2.45) is 5.92 Å². The Bertz CT molecular complexity index is 793. The molecule has 1 N–H and O–H groups in total. The van der Waals surface area contributed by atoms with Gasteiger partial charge in [0.1, 0.15) is 11.8 Å². The average Bonchev–Trinajstić information content (AvgIpc) is 2.80. The Hall–Kier alpha value is -1.82. The van der Waals surface area contributed by atoms with Gasteiger partial charge in [0.15, 0.2) is 0 Å². The molecule has 0 spiro atoms. The third-order valence-corrected chi connectivity index (χ3v) is 4.34. The fraction of sp³-hybridized carbons (Fsp3) is 0.412. The Morgan fingerprint density at radius 1 is 1.36 bits per heavy atom. The van der Waals surface area contributed by atoms with Crippen LogP contribution in [0.2, 0.25) is 0 Å². The summed E-state index contributed by atoms with van der Waals surface area (Å²) in [6, 6.07) is 10.4. The van der Waals surface area contributed by atoms with E-state index in [1.165, 1.54) is 0 Å². The summed E-state index contributed by atoms with van der Waals surface area (Å²) in [4.78, 5) is 0. The first-order valence-electron chi connectivity index (χ1n) is 7.10. The van der Waals surface area contributed by atoms with Gasteiger partial charge in [-0.2, -0.15) is 10.5 Å². The van der Waals surface area contributed by atoms with E-state index < -0.39 is 5.41 Å². The predicted molar refractivity (Wildman–Crippen MR) is 89.2 cm³/mol. The number of hydrogen-bond acceptors (Lipinski definition) is 3. The third-order valence-electron chi connectivity index (χ3n) is 3.84. The first-order valence-corrected chi connectivity index (χ1v) is 7.89. The summed E-state index contributed by atoms with van der Waals surface area (Å²) in [5.41, 5.74) is 1.40. The minimum atomic E-state index is -0.759. The van der Waals surface area contributed by atoms with Crippen LogP contribution in [-0.4, -0.2) is 16.3 Å². The lowest BCUT2D eigenvalue weighted by Crippen LogP contribution is -2.17. The molecule has 0 bridgehead atoms. The molecule has 0 aliphatic rings. The van der Waals surface area contributed by atoms with Crippen molar-refractivity contribution in [2.75, 3.05) is 6.61 Å². The zero-order valence-corrected chi connectivity index (χ0v) is 14.5. The van der Waals surface area contributed by atoms with Gasteiger partial charge in [0.05, 0.1) is 17.0 Å². The molecule has 1 heterocycles. The van der Waals surface area contributed by atoms with Crippen molar-refractivity contribution in [1.82, 2.24) is 4.57 Å².